The lowest BCUT2D eigenvalue weighted by atomic mass is 10.2. The van der Waals surface area contributed by atoms with E-state index in [9.17, 15) is 4.79 Å². The number of carbonyl (C=O) groups excluding carboxylic acids is 1. The quantitative estimate of drug-likeness (QED) is 0.720. The fourth-order valence-corrected chi connectivity index (χ4v) is 2.86. The summed E-state index contributed by atoms with van der Waals surface area (Å²) in [4.78, 5) is 11.9. The molecule has 1 aromatic carbocycles. The summed E-state index contributed by atoms with van der Waals surface area (Å²) < 4.78 is 5.45. The van der Waals surface area contributed by atoms with Crippen molar-refractivity contribution in [1.82, 2.24) is 10.2 Å². The number of aryl methyl sites for hydroxylation is 2. The third-order valence-electron chi connectivity index (χ3n) is 3.21. The molecule has 23 heavy (non-hydrogen) atoms. The molecule has 0 radical (unpaired) electrons. The monoisotopic (exact) mass is 353 g/mol. The van der Waals surface area contributed by atoms with Crippen LogP contribution in [0.5, 0.6) is 5.75 Å². The van der Waals surface area contributed by atoms with E-state index in [1.165, 1.54) is 24.2 Å². The van der Waals surface area contributed by atoms with Crippen molar-refractivity contribution in [3.05, 3.63) is 33.8 Å². The van der Waals surface area contributed by atoms with Gasteiger partial charge in [0.2, 0.25) is 5.13 Å². The number of unbranched alkanes of at least 4 members (excludes halogenated alkanes) is 2. The Morgan fingerprint density at radius 1 is 1.35 bits per heavy atom. The van der Waals surface area contributed by atoms with Crippen molar-refractivity contribution in [3.8, 4) is 5.75 Å². The van der Waals surface area contributed by atoms with Crippen LogP contribution in [0.2, 0.25) is 5.02 Å². The second-order valence-electron chi connectivity index (χ2n) is 5.21. The molecule has 0 aliphatic rings. The molecule has 0 aliphatic heterocycles. The molecule has 7 heteroatoms. The molecule has 5 nitrogen and oxygen atoms in total. The van der Waals surface area contributed by atoms with Crippen LogP contribution in [-0.4, -0.2) is 22.7 Å². The smallest absolute Gasteiger partial charge is 0.264 e. The number of benzene rings is 1. The summed E-state index contributed by atoms with van der Waals surface area (Å²) in [5, 5.41) is 12.9. The number of anilines is 1. The highest BCUT2D eigenvalue weighted by molar-refractivity contribution is 7.15. The van der Waals surface area contributed by atoms with Gasteiger partial charge in [-0.3, -0.25) is 10.1 Å². The number of nitrogens with one attached hydrogen (secondary N) is 1. The predicted octanol–water partition coefficient (Wildman–Crippen LogP) is 4.25. The first kappa shape index (κ1) is 17.7. The van der Waals surface area contributed by atoms with Crippen LogP contribution in [0, 0.1) is 6.92 Å². The van der Waals surface area contributed by atoms with Gasteiger partial charge in [-0.15, -0.1) is 10.2 Å². The normalized spacial score (nSPS) is 10.6. The van der Waals surface area contributed by atoms with Crippen molar-refractivity contribution in [2.75, 3.05) is 11.9 Å². The lowest BCUT2D eigenvalue weighted by Gasteiger charge is -2.07. The Morgan fingerprint density at radius 2 is 2.17 bits per heavy atom. The van der Waals surface area contributed by atoms with Crippen LogP contribution in [0.1, 0.15) is 36.8 Å². The third-order valence-corrected chi connectivity index (χ3v) is 4.53. The maximum absolute atomic E-state index is 11.9. The van der Waals surface area contributed by atoms with Crippen molar-refractivity contribution < 1.29 is 9.53 Å². The van der Waals surface area contributed by atoms with E-state index in [-0.39, 0.29) is 12.5 Å². The molecule has 0 fully saturated rings. The number of nitrogens with zero attached hydrogens (tertiary/aromatic N) is 2. The number of carbonyl (C=O) groups is 1. The number of hydrogen-bond donors (Lipinski definition) is 1. The summed E-state index contributed by atoms with van der Waals surface area (Å²) in [6, 6.07) is 5.28. The van der Waals surface area contributed by atoms with E-state index >= 15 is 0 Å². The maximum atomic E-state index is 11.9. The molecule has 0 aliphatic carbocycles. The maximum Gasteiger partial charge on any atom is 0.264 e. The van der Waals surface area contributed by atoms with Gasteiger partial charge < -0.3 is 4.74 Å². The zero-order chi connectivity index (χ0) is 16.7. The molecule has 0 bridgehead atoms. The SMILES string of the molecule is CCCCCc1nnc(NC(=O)COc2ccc(Cl)c(C)c2)s1. The van der Waals surface area contributed by atoms with Gasteiger partial charge in [-0.25, -0.2) is 0 Å². The van der Waals surface area contributed by atoms with E-state index in [0.717, 1.165) is 23.4 Å². The van der Waals surface area contributed by atoms with Gasteiger partial charge in [0.1, 0.15) is 10.8 Å². The van der Waals surface area contributed by atoms with Gasteiger partial charge in [0, 0.05) is 11.4 Å². The van der Waals surface area contributed by atoms with Gasteiger partial charge in [-0.2, -0.15) is 0 Å². The molecule has 1 amide bonds. The number of aromatic nitrogens is 2. The second-order valence-corrected chi connectivity index (χ2v) is 6.68. The Hall–Kier alpha value is -1.66. The van der Waals surface area contributed by atoms with Crippen molar-refractivity contribution in [3.63, 3.8) is 0 Å². The minimum atomic E-state index is -0.256. The van der Waals surface area contributed by atoms with Crippen LogP contribution in [-0.2, 0) is 11.2 Å². The summed E-state index contributed by atoms with van der Waals surface area (Å²) in [7, 11) is 0. The van der Waals surface area contributed by atoms with Crippen LogP contribution >= 0.6 is 22.9 Å². The summed E-state index contributed by atoms with van der Waals surface area (Å²) in [6.45, 7) is 3.97. The Morgan fingerprint density at radius 3 is 2.91 bits per heavy atom. The largest absolute Gasteiger partial charge is 0.484 e. The van der Waals surface area contributed by atoms with Gasteiger partial charge in [0.15, 0.2) is 6.61 Å². The average Bonchev–Trinajstić information content (AvgIpc) is 2.96. The third kappa shape index (κ3) is 5.80. The number of amides is 1. The first-order valence-corrected chi connectivity index (χ1v) is 8.79. The van der Waals surface area contributed by atoms with Gasteiger partial charge in [0.05, 0.1) is 0 Å². The minimum absolute atomic E-state index is 0.0776. The summed E-state index contributed by atoms with van der Waals surface area (Å²) in [5.41, 5.74) is 0.908. The highest BCUT2D eigenvalue weighted by Crippen LogP contribution is 2.21. The Labute approximate surface area is 145 Å². The summed E-state index contributed by atoms with van der Waals surface area (Å²) >= 11 is 7.36. The molecule has 0 saturated heterocycles. The number of ether oxygens (including phenoxy) is 1. The van der Waals surface area contributed by atoms with Crippen LogP contribution < -0.4 is 10.1 Å². The average molecular weight is 354 g/mol. The van der Waals surface area contributed by atoms with E-state index < -0.39 is 0 Å². The lowest BCUT2D eigenvalue weighted by molar-refractivity contribution is -0.118. The minimum Gasteiger partial charge on any atom is -0.484 e. The molecular formula is C16H20ClN3O2S. The van der Waals surface area contributed by atoms with E-state index in [4.69, 9.17) is 16.3 Å². The van der Waals surface area contributed by atoms with E-state index in [2.05, 4.69) is 22.4 Å². The van der Waals surface area contributed by atoms with Crippen molar-refractivity contribution in [2.45, 2.75) is 39.5 Å². The summed E-state index contributed by atoms with van der Waals surface area (Å²) in [6.07, 6.45) is 4.35. The van der Waals surface area contributed by atoms with Gasteiger partial charge >= 0.3 is 0 Å². The zero-order valence-electron chi connectivity index (χ0n) is 13.3. The topological polar surface area (TPSA) is 64.1 Å². The first-order valence-electron chi connectivity index (χ1n) is 7.59. The van der Waals surface area contributed by atoms with Crippen molar-refractivity contribution in [1.29, 1.82) is 0 Å². The van der Waals surface area contributed by atoms with E-state index in [1.54, 1.807) is 18.2 Å². The van der Waals surface area contributed by atoms with Crippen LogP contribution in [0.4, 0.5) is 5.13 Å². The Kier molecular flexibility index (Phi) is 6.80. The standard InChI is InChI=1S/C16H20ClN3O2S/c1-3-4-5-6-15-19-20-16(23-15)18-14(21)10-22-12-7-8-13(17)11(2)9-12/h7-9H,3-6,10H2,1-2H3,(H,18,20,21). The fraction of sp³-hybridized carbons (Fsp3) is 0.438. The molecule has 1 aromatic heterocycles. The molecule has 0 spiro atoms. The molecule has 124 valence electrons. The summed E-state index contributed by atoms with van der Waals surface area (Å²) in [5.74, 6) is 0.355. The molecule has 1 heterocycles. The molecule has 0 saturated carbocycles. The molecule has 2 rings (SSSR count). The van der Waals surface area contributed by atoms with Crippen LogP contribution in [0.15, 0.2) is 18.2 Å². The molecule has 1 N–H and O–H groups in total. The Balaban J connectivity index is 1.79. The lowest BCUT2D eigenvalue weighted by Crippen LogP contribution is -2.20. The Bertz CT molecular complexity index is 661. The van der Waals surface area contributed by atoms with E-state index in [1.807, 2.05) is 6.92 Å². The first-order chi connectivity index (χ1) is 11.1. The molecular weight excluding hydrogens is 334 g/mol. The molecule has 0 unspecified atom stereocenters. The highest BCUT2D eigenvalue weighted by atomic mass is 35.5. The predicted molar refractivity (Wildman–Crippen MR) is 93.5 cm³/mol. The van der Waals surface area contributed by atoms with Gasteiger partial charge in [-0.05, 0) is 37.1 Å². The van der Waals surface area contributed by atoms with E-state index in [0.29, 0.717) is 15.9 Å². The van der Waals surface area contributed by atoms with Crippen LogP contribution in [0.3, 0.4) is 0 Å². The number of hydrogen-bond acceptors (Lipinski definition) is 5. The molecule has 2 aromatic rings. The second kappa shape index (κ2) is 8.84. The van der Waals surface area contributed by atoms with Crippen molar-refractivity contribution >= 4 is 34.0 Å². The van der Waals surface area contributed by atoms with Gasteiger partial charge in [0.25, 0.3) is 5.91 Å². The number of rotatable bonds is 8. The zero-order valence-corrected chi connectivity index (χ0v) is 14.8. The van der Waals surface area contributed by atoms with Crippen molar-refractivity contribution in [2.24, 2.45) is 0 Å². The van der Waals surface area contributed by atoms with Crippen LogP contribution in [0.25, 0.3) is 0 Å². The fourth-order valence-electron chi connectivity index (χ4n) is 1.94. The molecule has 0 atom stereocenters. The number of halogens is 1. The highest BCUT2D eigenvalue weighted by Gasteiger charge is 2.09. The van der Waals surface area contributed by atoms with Gasteiger partial charge in [-0.1, -0.05) is 42.7 Å².